The van der Waals surface area contributed by atoms with Crippen LogP contribution in [-0.4, -0.2) is 11.1 Å². The smallest absolute Gasteiger partial charge is 0.306 e. The minimum Gasteiger partial charge on any atom is -0.481 e. The maximum Gasteiger partial charge on any atom is 0.306 e. The molecule has 0 radical (unpaired) electrons. The van der Waals surface area contributed by atoms with Crippen LogP contribution in [0, 0.1) is 11.8 Å². The van der Waals surface area contributed by atoms with Gasteiger partial charge < -0.3 is 5.11 Å². The van der Waals surface area contributed by atoms with Gasteiger partial charge in [-0.05, 0) is 71.6 Å². The topological polar surface area (TPSA) is 37.3 Å². The van der Waals surface area contributed by atoms with Gasteiger partial charge in [0.1, 0.15) is 0 Å². The van der Waals surface area contributed by atoms with Crippen molar-refractivity contribution in [3.05, 3.63) is 34.9 Å². The molecular formula is C20H32O2. The molecule has 1 N–H and O–H groups in total. The molecule has 2 heteroatoms. The lowest BCUT2D eigenvalue weighted by Crippen LogP contribution is -2.08. The molecule has 0 saturated carbocycles. The summed E-state index contributed by atoms with van der Waals surface area (Å²) in [5.74, 6) is -0.177. The van der Waals surface area contributed by atoms with Crippen molar-refractivity contribution in [1.82, 2.24) is 0 Å². The van der Waals surface area contributed by atoms with Gasteiger partial charge in [0.25, 0.3) is 0 Å². The van der Waals surface area contributed by atoms with Crippen LogP contribution in [0.15, 0.2) is 34.9 Å². The fourth-order valence-electron chi connectivity index (χ4n) is 2.90. The molecule has 1 rings (SSSR count). The van der Waals surface area contributed by atoms with Gasteiger partial charge in [-0.25, -0.2) is 0 Å². The van der Waals surface area contributed by atoms with Gasteiger partial charge in [-0.2, -0.15) is 0 Å². The average Bonchev–Trinajstić information content (AvgIpc) is 2.47. The number of carboxylic acid groups (broad SMARTS) is 1. The third-order valence-electron chi connectivity index (χ3n) is 4.82. The lowest BCUT2D eigenvalue weighted by molar-refractivity contribution is -0.141. The van der Waals surface area contributed by atoms with Crippen LogP contribution in [0.25, 0.3) is 0 Å². The molecule has 0 unspecified atom stereocenters. The lowest BCUT2D eigenvalue weighted by Gasteiger charge is -2.21. The summed E-state index contributed by atoms with van der Waals surface area (Å²) in [6.07, 6.45) is 14.5. The highest BCUT2D eigenvalue weighted by molar-refractivity contribution is 5.69. The van der Waals surface area contributed by atoms with Crippen molar-refractivity contribution < 1.29 is 9.90 Å². The Morgan fingerprint density at radius 2 is 2.14 bits per heavy atom. The molecule has 1 aliphatic carbocycles. The Morgan fingerprint density at radius 1 is 1.41 bits per heavy atom. The Bertz CT molecular complexity index is 454. The number of aliphatic carboxylic acids is 1. The first-order valence-corrected chi connectivity index (χ1v) is 8.61. The van der Waals surface area contributed by atoms with Gasteiger partial charge in [0.2, 0.25) is 0 Å². The summed E-state index contributed by atoms with van der Waals surface area (Å²) in [4.78, 5) is 10.8. The standard InChI is InChI=1S/C20H32O2/c1-15(8-6-10-18(4)20(21)22)7-5-9-17(3)19-13-11-16(2)12-14-19/h7,9,11,18-19H,5-6,8,10,12-14H2,1-4H3,(H,21,22)/b15-7+,17-9+/t18-,19-/m0/s1. The SMILES string of the molecule is CC1=CC[C@H](/C(C)=C/C/C=C(\C)CCC[C@H](C)C(=O)O)CC1. The van der Waals surface area contributed by atoms with Crippen LogP contribution in [-0.2, 0) is 4.79 Å². The van der Waals surface area contributed by atoms with E-state index in [1.54, 1.807) is 6.92 Å². The van der Waals surface area contributed by atoms with Gasteiger partial charge in [-0.3, -0.25) is 4.79 Å². The van der Waals surface area contributed by atoms with Crippen molar-refractivity contribution in [2.75, 3.05) is 0 Å². The van der Waals surface area contributed by atoms with Crippen molar-refractivity contribution in [3.63, 3.8) is 0 Å². The number of carboxylic acids is 1. The van der Waals surface area contributed by atoms with Crippen molar-refractivity contribution in [1.29, 1.82) is 0 Å². The summed E-state index contributed by atoms with van der Waals surface area (Å²) in [7, 11) is 0. The number of rotatable bonds is 8. The van der Waals surface area contributed by atoms with Crippen molar-refractivity contribution in [2.24, 2.45) is 11.8 Å². The Kier molecular flexibility index (Phi) is 8.22. The Balaban J connectivity index is 2.31. The molecule has 0 aliphatic heterocycles. The van der Waals surface area contributed by atoms with E-state index in [1.165, 1.54) is 36.0 Å². The zero-order valence-corrected chi connectivity index (χ0v) is 14.7. The fraction of sp³-hybridized carbons (Fsp3) is 0.650. The molecule has 2 nitrogen and oxygen atoms in total. The van der Waals surface area contributed by atoms with Crippen molar-refractivity contribution >= 4 is 5.97 Å². The van der Waals surface area contributed by atoms with E-state index >= 15 is 0 Å². The molecular weight excluding hydrogens is 272 g/mol. The molecule has 1 aliphatic rings. The van der Waals surface area contributed by atoms with E-state index in [4.69, 9.17) is 5.11 Å². The average molecular weight is 304 g/mol. The molecule has 2 atom stereocenters. The first-order chi connectivity index (χ1) is 10.4. The highest BCUT2D eigenvalue weighted by atomic mass is 16.4. The molecule has 0 amide bonds. The van der Waals surface area contributed by atoms with Crippen molar-refractivity contribution in [3.8, 4) is 0 Å². The van der Waals surface area contributed by atoms with Gasteiger partial charge in [-0.15, -0.1) is 0 Å². The van der Waals surface area contributed by atoms with Gasteiger partial charge >= 0.3 is 5.97 Å². The van der Waals surface area contributed by atoms with Crippen LogP contribution in [0.3, 0.4) is 0 Å². The van der Waals surface area contributed by atoms with Crippen LogP contribution < -0.4 is 0 Å². The highest BCUT2D eigenvalue weighted by Gasteiger charge is 2.13. The molecule has 0 fully saturated rings. The molecule has 0 bridgehead atoms. The number of allylic oxidation sites excluding steroid dienone is 6. The van der Waals surface area contributed by atoms with Gasteiger partial charge in [0.15, 0.2) is 0 Å². The summed E-state index contributed by atoms with van der Waals surface area (Å²) in [6, 6.07) is 0. The van der Waals surface area contributed by atoms with Crippen LogP contribution in [0.1, 0.15) is 72.6 Å². The zero-order chi connectivity index (χ0) is 16.5. The summed E-state index contributed by atoms with van der Waals surface area (Å²) in [6.45, 7) is 8.43. The second kappa shape index (κ2) is 9.66. The first-order valence-electron chi connectivity index (χ1n) is 8.61. The molecule has 124 valence electrons. The minimum atomic E-state index is -0.683. The predicted molar refractivity (Wildman–Crippen MR) is 93.9 cm³/mol. The predicted octanol–water partition coefficient (Wildman–Crippen LogP) is 5.91. The second-order valence-corrected chi connectivity index (χ2v) is 6.89. The van der Waals surface area contributed by atoms with E-state index in [-0.39, 0.29) is 5.92 Å². The van der Waals surface area contributed by atoms with E-state index in [2.05, 4.69) is 39.0 Å². The summed E-state index contributed by atoms with van der Waals surface area (Å²) in [5.41, 5.74) is 4.43. The quantitative estimate of drug-likeness (QED) is 0.566. The molecule has 0 heterocycles. The van der Waals surface area contributed by atoms with Crippen LogP contribution in [0.5, 0.6) is 0 Å². The van der Waals surface area contributed by atoms with E-state index < -0.39 is 5.97 Å². The molecule has 0 aromatic heterocycles. The van der Waals surface area contributed by atoms with E-state index in [1.807, 2.05) is 0 Å². The maximum absolute atomic E-state index is 10.8. The third kappa shape index (κ3) is 7.11. The maximum atomic E-state index is 10.8. The number of hydrogen-bond acceptors (Lipinski definition) is 1. The Morgan fingerprint density at radius 3 is 2.73 bits per heavy atom. The Labute approximate surface area is 136 Å². The van der Waals surface area contributed by atoms with E-state index in [9.17, 15) is 4.79 Å². The van der Waals surface area contributed by atoms with E-state index in [0.29, 0.717) is 0 Å². The molecule has 0 saturated heterocycles. The van der Waals surface area contributed by atoms with Gasteiger partial charge in [0.05, 0.1) is 5.92 Å². The summed E-state index contributed by atoms with van der Waals surface area (Å²) < 4.78 is 0. The van der Waals surface area contributed by atoms with E-state index in [0.717, 1.165) is 31.6 Å². The van der Waals surface area contributed by atoms with Gasteiger partial charge in [0, 0.05) is 0 Å². The van der Waals surface area contributed by atoms with Crippen LogP contribution >= 0.6 is 0 Å². The minimum absolute atomic E-state index is 0.224. The molecule has 0 aromatic rings. The summed E-state index contributed by atoms with van der Waals surface area (Å²) in [5, 5.41) is 8.86. The monoisotopic (exact) mass is 304 g/mol. The van der Waals surface area contributed by atoms with Crippen LogP contribution in [0.4, 0.5) is 0 Å². The molecule has 0 spiro atoms. The van der Waals surface area contributed by atoms with Gasteiger partial charge in [-0.1, -0.05) is 41.9 Å². The third-order valence-corrected chi connectivity index (χ3v) is 4.82. The number of carbonyl (C=O) groups is 1. The molecule has 22 heavy (non-hydrogen) atoms. The second-order valence-electron chi connectivity index (χ2n) is 6.89. The van der Waals surface area contributed by atoms with Crippen LogP contribution in [0.2, 0.25) is 0 Å². The highest BCUT2D eigenvalue weighted by Crippen LogP contribution is 2.29. The fourth-order valence-corrected chi connectivity index (χ4v) is 2.90. The molecule has 0 aromatic carbocycles. The zero-order valence-electron chi connectivity index (χ0n) is 14.7. The summed E-state index contributed by atoms with van der Waals surface area (Å²) >= 11 is 0. The Hall–Kier alpha value is -1.31. The van der Waals surface area contributed by atoms with Crippen molar-refractivity contribution in [2.45, 2.75) is 72.6 Å². The lowest BCUT2D eigenvalue weighted by atomic mass is 9.85. The first kappa shape index (κ1) is 18.7. The normalized spacial score (nSPS) is 21.5. The number of hydrogen-bond donors (Lipinski definition) is 1. The largest absolute Gasteiger partial charge is 0.481 e.